The number of hydrogen-bond acceptors (Lipinski definition) is 4. The Bertz CT molecular complexity index is 702. The Kier molecular flexibility index (Phi) is 10.4. The molecular weight excluding hydrogens is 429 g/mol. The Balaban J connectivity index is 0.000000177. The zero-order valence-electron chi connectivity index (χ0n) is 17.7. The predicted octanol–water partition coefficient (Wildman–Crippen LogP) is 6.25. The molecule has 4 rings (SSSR count). The van der Waals surface area contributed by atoms with Gasteiger partial charge >= 0.3 is 0 Å². The molecule has 2 aliphatic rings. The smallest absolute Gasteiger partial charge is 0.132 e. The summed E-state index contributed by atoms with van der Waals surface area (Å²) in [4.78, 5) is 13.4. The number of benzene rings is 2. The Labute approximate surface area is 189 Å². The predicted molar refractivity (Wildman–Crippen MR) is 128 cm³/mol. The lowest BCUT2D eigenvalue weighted by Gasteiger charge is -2.27. The average Bonchev–Trinajstić information content (AvgIpc) is 2.76. The van der Waals surface area contributed by atoms with Gasteiger partial charge < -0.3 is 14.8 Å². The van der Waals surface area contributed by atoms with Crippen LogP contribution in [0.2, 0.25) is 0 Å². The maximum absolute atomic E-state index is 11.9. The first kappa shape index (κ1) is 23.9. The first-order valence-corrected chi connectivity index (χ1v) is 15.7. The molecule has 0 saturated heterocycles. The van der Waals surface area contributed by atoms with Crippen LogP contribution in [0.1, 0.15) is 64.2 Å². The van der Waals surface area contributed by atoms with Gasteiger partial charge in [0, 0.05) is 9.79 Å². The zero-order chi connectivity index (χ0) is 21.1. The summed E-state index contributed by atoms with van der Waals surface area (Å²) >= 11 is 1.81. The number of quaternary nitrogens is 1. The van der Waals surface area contributed by atoms with Gasteiger partial charge in [0.05, 0.1) is 12.1 Å². The third-order valence-electron chi connectivity index (χ3n) is 5.76. The van der Waals surface area contributed by atoms with Crippen LogP contribution in [0.3, 0.4) is 0 Å². The highest BCUT2D eigenvalue weighted by Gasteiger charge is 2.22. The molecule has 2 aromatic carbocycles. The van der Waals surface area contributed by atoms with Crippen molar-refractivity contribution in [3.63, 3.8) is 0 Å². The third-order valence-corrected chi connectivity index (χ3v) is 11.1. The van der Waals surface area contributed by atoms with Gasteiger partial charge in [-0.25, -0.2) is 0 Å². The van der Waals surface area contributed by atoms with Gasteiger partial charge in [-0.05, 0) is 75.6 Å². The molecule has 2 N–H and O–H groups in total. The van der Waals surface area contributed by atoms with Crippen LogP contribution in [0.5, 0.6) is 0 Å². The van der Waals surface area contributed by atoms with Crippen molar-refractivity contribution in [3.8, 4) is 0 Å². The van der Waals surface area contributed by atoms with Crippen molar-refractivity contribution in [2.75, 3.05) is 0 Å². The summed E-state index contributed by atoms with van der Waals surface area (Å²) in [5, 5.41) is 2.72. The molecular formula is C24H34NO2PS2. The van der Waals surface area contributed by atoms with Crippen molar-refractivity contribution in [2.45, 2.75) is 86.1 Å². The molecule has 0 aromatic heterocycles. The van der Waals surface area contributed by atoms with Gasteiger partial charge in [0.2, 0.25) is 0 Å². The van der Waals surface area contributed by atoms with Gasteiger partial charge in [-0.2, -0.15) is 0 Å². The molecule has 2 aliphatic carbocycles. The maximum atomic E-state index is 11.9. The summed E-state index contributed by atoms with van der Waals surface area (Å²) in [6.45, 7) is 0. The van der Waals surface area contributed by atoms with E-state index in [9.17, 15) is 9.46 Å². The van der Waals surface area contributed by atoms with Gasteiger partial charge in [0.1, 0.15) is 5.77 Å². The number of hydrogen-bond donors (Lipinski definition) is 1. The third kappa shape index (κ3) is 9.20. The van der Waals surface area contributed by atoms with E-state index < -0.39 is 5.77 Å². The standard InChI is InChI=1S/C12H23N.C12H11O2PS2/c1-3-7-11(8-4-1)13-12-9-5-2-6-10-12;13-15(14,16-11-7-3-1-4-8-11)17-12-9-5-2-6-10-12/h11-13H,1-10H2;1-10H,(H,13,14). The highest BCUT2D eigenvalue weighted by molar-refractivity contribution is 8.88. The maximum Gasteiger partial charge on any atom is 0.132 e. The summed E-state index contributed by atoms with van der Waals surface area (Å²) < 4.78 is 11.9. The molecule has 6 heteroatoms. The van der Waals surface area contributed by atoms with E-state index in [-0.39, 0.29) is 0 Å². The molecule has 2 aromatic rings. The Morgan fingerprint density at radius 1 is 0.667 bits per heavy atom. The van der Waals surface area contributed by atoms with E-state index in [2.05, 4.69) is 5.32 Å². The molecule has 3 nitrogen and oxygen atoms in total. The molecule has 0 atom stereocenters. The zero-order valence-corrected chi connectivity index (χ0v) is 20.2. The Hall–Kier alpha value is -0.710. The molecule has 2 saturated carbocycles. The van der Waals surface area contributed by atoms with Crippen LogP contribution >= 0.6 is 28.5 Å². The van der Waals surface area contributed by atoms with E-state index >= 15 is 0 Å². The minimum Gasteiger partial charge on any atom is -0.783 e. The van der Waals surface area contributed by atoms with Crippen LogP contribution in [0, 0.1) is 0 Å². The van der Waals surface area contributed by atoms with Crippen LogP contribution in [-0.2, 0) is 4.57 Å². The minimum atomic E-state index is -3.55. The summed E-state index contributed by atoms with van der Waals surface area (Å²) in [7, 11) is 0. The van der Waals surface area contributed by atoms with Crippen LogP contribution in [-0.4, -0.2) is 12.1 Å². The topological polar surface area (TPSA) is 56.7 Å². The van der Waals surface area contributed by atoms with Gasteiger partial charge in [0.15, 0.2) is 0 Å². The molecule has 2 fully saturated rings. The van der Waals surface area contributed by atoms with E-state index in [1.807, 2.05) is 36.4 Å². The van der Waals surface area contributed by atoms with Gasteiger partial charge in [-0.1, -0.05) is 72.0 Å². The molecule has 0 aliphatic heterocycles. The average molecular weight is 464 g/mol. The van der Waals surface area contributed by atoms with Gasteiger partial charge in [-0.15, -0.1) is 0 Å². The molecule has 0 radical (unpaired) electrons. The monoisotopic (exact) mass is 463 g/mol. The summed E-state index contributed by atoms with van der Waals surface area (Å²) in [6, 6.07) is 20.2. The summed E-state index contributed by atoms with van der Waals surface area (Å²) in [5.41, 5.74) is 0. The highest BCUT2D eigenvalue weighted by Crippen LogP contribution is 2.67. The Morgan fingerprint density at radius 2 is 1.03 bits per heavy atom. The molecule has 0 amide bonds. The lowest BCUT2D eigenvalue weighted by atomic mass is 9.91. The van der Waals surface area contributed by atoms with E-state index in [1.54, 1.807) is 24.3 Å². The second-order valence-electron chi connectivity index (χ2n) is 8.24. The van der Waals surface area contributed by atoms with Crippen molar-refractivity contribution in [3.05, 3.63) is 60.7 Å². The van der Waals surface area contributed by atoms with Crippen LogP contribution in [0.4, 0.5) is 0 Å². The summed E-state index contributed by atoms with van der Waals surface area (Å²) in [6.07, 6.45) is 15.0. The second kappa shape index (κ2) is 13.0. The van der Waals surface area contributed by atoms with Gasteiger partial charge in [0.25, 0.3) is 0 Å². The lowest BCUT2D eigenvalue weighted by molar-refractivity contribution is -0.725. The van der Waals surface area contributed by atoms with Crippen molar-refractivity contribution < 1.29 is 14.8 Å². The first-order chi connectivity index (χ1) is 14.6. The van der Waals surface area contributed by atoms with E-state index in [0.29, 0.717) is 0 Å². The minimum absolute atomic E-state index is 0.745. The van der Waals surface area contributed by atoms with E-state index in [0.717, 1.165) is 44.6 Å². The normalized spacial score (nSPS) is 18.4. The van der Waals surface area contributed by atoms with Crippen molar-refractivity contribution >= 4 is 28.5 Å². The van der Waals surface area contributed by atoms with Gasteiger partial charge in [-0.3, -0.25) is 0 Å². The van der Waals surface area contributed by atoms with E-state index in [4.69, 9.17) is 0 Å². The number of rotatable bonds is 6. The largest absolute Gasteiger partial charge is 0.783 e. The van der Waals surface area contributed by atoms with E-state index in [1.165, 1.54) is 64.2 Å². The molecule has 164 valence electrons. The van der Waals surface area contributed by atoms with Crippen molar-refractivity contribution in [2.24, 2.45) is 0 Å². The lowest BCUT2D eigenvalue weighted by Crippen LogP contribution is -2.95. The molecule has 0 unspecified atom stereocenters. The number of nitrogens with two attached hydrogens (primary N) is 1. The Morgan fingerprint density at radius 3 is 1.40 bits per heavy atom. The van der Waals surface area contributed by atoms with Crippen LogP contribution in [0.25, 0.3) is 0 Å². The molecule has 0 spiro atoms. The fourth-order valence-electron chi connectivity index (χ4n) is 4.28. The molecule has 0 bridgehead atoms. The van der Waals surface area contributed by atoms with Crippen LogP contribution < -0.4 is 10.2 Å². The second-order valence-corrected chi connectivity index (χ2v) is 15.1. The molecule has 30 heavy (non-hydrogen) atoms. The van der Waals surface area contributed by atoms with Crippen molar-refractivity contribution in [1.29, 1.82) is 0 Å². The summed E-state index contributed by atoms with van der Waals surface area (Å²) in [5.74, 6) is -3.55. The highest BCUT2D eigenvalue weighted by atomic mass is 33.1. The first-order valence-electron chi connectivity index (χ1n) is 11.3. The SMILES string of the molecule is C1CCC([NH2+]C2CCCCC2)CC1.O=P([O-])(Sc1ccccc1)Sc1ccccc1. The van der Waals surface area contributed by atoms with Crippen LogP contribution in [0.15, 0.2) is 70.5 Å². The fraction of sp³-hybridized carbons (Fsp3) is 0.500. The fourth-order valence-corrected chi connectivity index (χ4v) is 9.66. The van der Waals surface area contributed by atoms with Crippen molar-refractivity contribution in [1.82, 2.24) is 0 Å². The quantitative estimate of drug-likeness (QED) is 0.514. The molecule has 0 heterocycles.